The van der Waals surface area contributed by atoms with Gasteiger partial charge >= 0.3 is 0 Å². The van der Waals surface area contributed by atoms with Crippen LogP contribution in [-0.2, 0) is 6.54 Å². The summed E-state index contributed by atoms with van der Waals surface area (Å²) in [6.07, 6.45) is 7.82. The van der Waals surface area contributed by atoms with Crippen LogP contribution in [0, 0.1) is 5.92 Å². The molecule has 1 saturated carbocycles. The molecule has 0 amide bonds. The van der Waals surface area contributed by atoms with Gasteiger partial charge in [-0.1, -0.05) is 35.9 Å². The molecular weight excluding hydrogens is 244 g/mol. The lowest BCUT2D eigenvalue weighted by atomic mass is 10.1. The fourth-order valence-corrected chi connectivity index (χ4v) is 2.51. The molecule has 2 nitrogen and oxygen atoms in total. The number of hydrogen-bond acceptors (Lipinski definition) is 2. The molecule has 1 aromatic rings. The standard InChI is InChI=1S/C15H17ClN2/c16-13-5-3-11(4-6-13)9-18-7-1-2-12(10-18)14-8-15(14)17/h1-6,10,14-15H,7-9,17H2/t14-,15+/m0/s1. The first-order valence-electron chi connectivity index (χ1n) is 6.35. The minimum atomic E-state index is 0.372. The van der Waals surface area contributed by atoms with Gasteiger partial charge in [0.2, 0.25) is 0 Å². The van der Waals surface area contributed by atoms with E-state index in [0.29, 0.717) is 12.0 Å². The van der Waals surface area contributed by atoms with Gasteiger partial charge < -0.3 is 10.6 Å². The summed E-state index contributed by atoms with van der Waals surface area (Å²) >= 11 is 5.89. The Morgan fingerprint density at radius 1 is 1.28 bits per heavy atom. The molecule has 94 valence electrons. The SMILES string of the molecule is N[C@@H]1C[C@H]1C1=CN(Cc2ccc(Cl)cc2)CC=C1. The molecule has 0 bridgehead atoms. The summed E-state index contributed by atoms with van der Waals surface area (Å²) in [5.41, 5.74) is 8.56. The van der Waals surface area contributed by atoms with Crippen molar-refractivity contribution in [2.45, 2.75) is 19.0 Å². The molecule has 1 fully saturated rings. The molecule has 0 spiro atoms. The zero-order valence-corrected chi connectivity index (χ0v) is 11.0. The second-order valence-corrected chi connectivity index (χ2v) is 5.53. The highest BCUT2D eigenvalue weighted by atomic mass is 35.5. The third-order valence-corrected chi connectivity index (χ3v) is 3.80. The predicted octanol–water partition coefficient (Wildman–Crippen LogP) is 2.94. The average Bonchev–Trinajstić information content (AvgIpc) is 3.10. The van der Waals surface area contributed by atoms with E-state index in [-0.39, 0.29) is 0 Å². The molecule has 1 aliphatic heterocycles. The van der Waals surface area contributed by atoms with Crippen molar-refractivity contribution in [1.29, 1.82) is 0 Å². The van der Waals surface area contributed by atoms with Crippen molar-refractivity contribution in [3.8, 4) is 0 Å². The smallest absolute Gasteiger partial charge is 0.0427 e. The van der Waals surface area contributed by atoms with Crippen LogP contribution < -0.4 is 5.73 Å². The summed E-state index contributed by atoms with van der Waals surface area (Å²) in [6, 6.07) is 8.42. The van der Waals surface area contributed by atoms with E-state index in [1.807, 2.05) is 12.1 Å². The fourth-order valence-electron chi connectivity index (χ4n) is 2.38. The molecule has 2 atom stereocenters. The second kappa shape index (κ2) is 4.79. The van der Waals surface area contributed by atoms with E-state index in [9.17, 15) is 0 Å². The Kier molecular flexibility index (Phi) is 3.14. The lowest BCUT2D eigenvalue weighted by Gasteiger charge is -2.23. The summed E-state index contributed by atoms with van der Waals surface area (Å²) in [4.78, 5) is 2.32. The largest absolute Gasteiger partial charge is 0.369 e. The maximum Gasteiger partial charge on any atom is 0.0427 e. The Labute approximate surface area is 113 Å². The molecule has 1 heterocycles. The Morgan fingerprint density at radius 2 is 2.00 bits per heavy atom. The first-order valence-corrected chi connectivity index (χ1v) is 6.72. The van der Waals surface area contributed by atoms with Crippen molar-refractivity contribution >= 4 is 11.6 Å². The molecule has 0 unspecified atom stereocenters. The van der Waals surface area contributed by atoms with E-state index in [4.69, 9.17) is 17.3 Å². The van der Waals surface area contributed by atoms with Gasteiger partial charge in [-0.15, -0.1) is 0 Å². The maximum absolute atomic E-state index is 5.90. The van der Waals surface area contributed by atoms with Crippen LogP contribution in [0.2, 0.25) is 5.02 Å². The molecule has 0 aromatic heterocycles. The lowest BCUT2D eigenvalue weighted by Crippen LogP contribution is -2.20. The third-order valence-electron chi connectivity index (χ3n) is 3.55. The van der Waals surface area contributed by atoms with Crippen LogP contribution >= 0.6 is 11.6 Å². The van der Waals surface area contributed by atoms with Gasteiger partial charge in [0, 0.05) is 36.3 Å². The zero-order valence-electron chi connectivity index (χ0n) is 10.2. The van der Waals surface area contributed by atoms with Crippen LogP contribution in [0.4, 0.5) is 0 Å². The monoisotopic (exact) mass is 260 g/mol. The molecule has 18 heavy (non-hydrogen) atoms. The van der Waals surface area contributed by atoms with Crippen molar-refractivity contribution in [2.75, 3.05) is 6.54 Å². The van der Waals surface area contributed by atoms with Gasteiger partial charge in [0.25, 0.3) is 0 Å². The highest BCUT2D eigenvalue weighted by molar-refractivity contribution is 6.30. The number of hydrogen-bond donors (Lipinski definition) is 1. The highest BCUT2D eigenvalue weighted by Crippen LogP contribution is 2.37. The van der Waals surface area contributed by atoms with Gasteiger partial charge in [0.1, 0.15) is 0 Å². The van der Waals surface area contributed by atoms with Gasteiger partial charge in [-0.2, -0.15) is 0 Å². The van der Waals surface area contributed by atoms with Crippen molar-refractivity contribution in [3.63, 3.8) is 0 Å². The number of nitrogens with zero attached hydrogens (tertiary/aromatic N) is 1. The van der Waals surface area contributed by atoms with Crippen LogP contribution in [0.15, 0.2) is 48.2 Å². The Bertz CT molecular complexity index is 490. The van der Waals surface area contributed by atoms with E-state index in [0.717, 1.165) is 24.5 Å². The van der Waals surface area contributed by atoms with E-state index in [2.05, 4.69) is 35.4 Å². The molecule has 2 aliphatic rings. The van der Waals surface area contributed by atoms with Crippen molar-refractivity contribution in [2.24, 2.45) is 11.7 Å². The Morgan fingerprint density at radius 3 is 2.67 bits per heavy atom. The number of rotatable bonds is 3. The third kappa shape index (κ3) is 2.60. The van der Waals surface area contributed by atoms with Crippen molar-refractivity contribution < 1.29 is 0 Å². The van der Waals surface area contributed by atoms with E-state index < -0.39 is 0 Å². The first-order chi connectivity index (χ1) is 8.72. The van der Waals surface area contributed by atoms with Gasteiger partial charge in [-0.3, -0.25) is 0 Å². The van der Waals surface area contributed by atoms with E-state index in [1.165, 1.54) is 11.1 Å². The quantitative estimate of drug-likeness (QED) is 0.906. The van der Waals surface area contributed by atoms with Crippen LogP contribution in [-0.4, -0.2) is 17.5 Å². The summed E-state index contributed by atoms with van der Waals surface area (Å²) in [5, 5.41) is 0.789. The maximum atomic E-state index is 5.90. The molecule has 2 N–H and O–H groups in total. The van der Waals surface area contributed by atoms with Gasteiger partial charge in [-0.05, 0) is 29.7 Å². The number of allylic oxidation sites excluding steroid dienone is 1. The fraction of sp³-hybridized carbons (Fsp3) is 0.333. The highest BCUT2D eigenvalue weighted by Gasteiger charge is 2.36. The Balaban J connectivity index is 1.68. The van der Waals surface area contributed by atoms with Crippen LogP contribution in [0.5, 0.6) is 0 Å². The van der Waals surface area contributed by atoms with Crippen LogP contribution in [0.1, 0.15) is 12.0 Å². The summed E-state index contributed by atoms with van der Waals surface area (Å²) in [6.45, 7) is 1.89. The lowest BCUT2D eigenvalue weighted by molar-refractivity contribution is 0.399. The molecule has 3 heteroatoms. The van der Waals surface area contributed by atoms with E-state index >= 15 is 0 Å². The number of halogens is 1. The van der Waals surface area contributed by atoms with Crippen LogP contribution in [0.3, 0.4) is 0 Å². The predicted molar refractivity (Wildman–Crippen MR) is 75.2 cm³/mol. The normalized spacial score (nSPS) is 26.1. The molecule has 1 aromatic carbocycles. The molecule has 0 radical (unpaired) electrons. The molecule has 1 aliphatic carbocycles. The summed E-state index contributed by atoms with van der Waals surface area (Å²) in [5.74, 6) is 0.578. The molecule has 3 rings (SSSR count). The van der Waals surface area contributed by atoms with Crippen molar-refractivity contribution in [3.05, 3.63) is 58.8 Å². The zero-order chi connectivity index (χ0) is 12.5. The minimum absolute atomic E-state index is 0.372. The van der Waals surface area contributed by atoms with Gasteiger partial charge in [0.05, 0.1) is 0 Å². The van der Waals surface area contributed by atoms with Crippen LogP contribution in [0.25, 0.3) is 0 Å². The number of benzene rings is 1. The first kappa shape index (κ1) is 11.8. The van der Waals surface area contributed by atoms with E-state index in [1.54, 1.807) is 0 Å². The Hall–Kier alpha value is -1.25. The van der Waals surface area contributed by atoms with Crippen molar-refractivity contribution in [1.82, 2.24) is 4.90 Å². The minimum Gasteiger partial charge on any atom is -0.369 e. The summed E-state index contributed by atoms with van der Waals surface area (Å²) < 4.78 is 0. The average molecular weight is 261 g/mol. The number of nitrogens with two attached hydrogens (primary N) is 1. The van der Waals surface area contributed by atoms with Gasteiger partial charge in [-0.25, -0.2) is 0 Å². The summed E-state index contributed by atoms with van der Waals surface area (Å²) in [7, 11) is 0. The molecule has 0 saturated heterocycles. The van der Waals surface area contributed by atoms with Gasteiger partial charge in [0.15, 0.2) is 0 Å². The molecular formula is C15H17ClN2. The second-order valence-electron chi connectivity index (χ2n) is 5.09. The topological polar surface area (TPSA) is 29.3 Å².